The highest BCUT2D eigenvalue weighted by atomic mass is 32.2. The van der Waals surface area contributed by atoms with E-state index in [0.29, 0.717) is 5.82 Å². The molecule has 2 N–H and O–H groups in total. The first kappa shape index (κ1) is 12.4. The van der Waals surface area contributed by atoms with Gasteiger partial charge in [0.2, 0.25) is 11.8 Å². The summed E-state index contributed by atoms with van der Waals surface area (Å²) < 4.78 is -0.214. The highest BCUT2D eigenvalue weighted by molar-refractivity contribution is 8.01. The minimum absolute atomic E-state index is 0.0542. The van der Waals surface area contributed by atoms with Crippen LogP contribution in [0.2, 0.25) is 0 Å². The summed E-state index contributed by atoms with van der Waals surface area (Å²) in [5, 5.41) is 16.4. The van der Waals surface area contributed by atoms with Gasteiger partial charge in [-0.15, -0.1) is 16.9 Å². The Morgan fingerprint density at radius 1 is 1.53 bits per heavy atom. The summed E-state index contributed by atoms with van der Waals surface area (Å²) in [7, 11) is 0. The maximum Gasteiger partial charge on any atom is 0.249 e. The van der Waals surface area contributed by atoms with Gasteiger partial charge in [0.15, 0.2) is 5.82 Å². The summed E-state index contributed by atoms with van der Waals surface area (Å²) in [5.74, 6) is 0.301. The third-order valence-electron chi connectivity index (χ3n) is 3.42. The lowest BCUT2D eigenvalue weighted by Crippen LogP contribution is -2.67. The smallest absolute Gasteiger partial charge is 0.249 e. The Morgan fingerprint density at radius 2 is 2.26 bits per heavy atom. The molecule has 8 nitrogen and oxygen atoms in total. The summed E-state index contributed by atoms with van der Waals surface area (Å²) >= 11 is 1.65. The fourth-order valence-corrected chi connectivity index (χ4v) is 4.33. The quantitative estimate of drug-likeness (QED) is 0.705. The van der Waals surface area contributed by atoms with Gasteiger partial charge in [-0.2, -0.15) is 0 Å². The molecule has 0 aromatic carbocycles. The van der Waals surface area contributed by atoms with Crippen LogP contribution in [0.25, 0.3) is 0 Å². The molecular formula is C10H14N6O2S. The van der Waals surface area contributed by atoms with Crippen molar-refractivity contribution in [1.29, 1.82) is 0 Å². The number of carbonyl (C=O) groups excluding carboxylic acids is 2. The van der Waals surface area contributed by atoms with Crippen LogP contribution in [-0.2, 0) is 9.59 Å². The van der Waals surface area contributed by atoms with Crippen molar-refractivity contribution in [3.05, 3.63) is 5.82 Å². The number of amides is 2. The number of H-pyrrole nitrogens is 1. The van der Waals surface area contributed by atoms with E-state index in [1.807, 2.05) is 13.8 Å². The van der Waals surface area contributed by atoms with E-state index >= 15 is 0 Å². The van der Waals surface area contributed by atoms with Crippen LogP contribution in [0.1, 0.15) is 32.6 Å². The second-order valence-electron chi connectivity index (χ2n) is 5.22. The molecule has 0 bridgehead atoms. The van der Waals surface area contributed by atoms with Crippen LogP contribution < -0.4 is 5.32 Å². The number of aromatic amines is 1. The van der Waals surface area contributed by atoms with Crippen molar-refractivity contribution < 1.29 is 9.59 Å². The lowest BCUT2D eigenvalue weighted by Gasteiger charge is -2.44. The molecule has 3 atom stereocenters. The standard InChI is InChI=1S/C10H14N6O2S/c1-4(17)11-5-8(18)16-6(7-12-14-15-13-7)10(2,3)19-9(5)16/h5-6,9H,1-3H3,(H,11,17)(H,12,13,14,15)/t5?,6?,9-/m1/s1. The van der Waals surface area contributed by atoms with Crippen LogP contribution in [0, 0.1) is 0 Å². The zero-order valence-corrected chi connectivity index (χ0v) is 11.6. The number of hydrogen-bond acceptors (Lipinski definition) is 6. The molecule has 2 aliphatic heterocycles. The molecule has 0 spiro atoms. The number of fused-ring (bicyclic) bond motifs is 1. The zero-order chi connectivity index (χ0) is 13.8. The average Bonchev–Trinajstić information content (AvgIpc) is 2.90. The molecule has 102 valence electrons. The van der Waals surface area contributed by atoms with E-state index in [0.717, 1.165) is 0 Å². The van der Waals surface area contributed by atoms with Crippen LogP contribution in [0.5, 0.6) is 0 Å². The van der Waals surface area contributed by atoms with Crippen LogP contribution in [0.15, 0.2) is 0 Å². The summed E-state index contributed by atoms with van der Waals surface area (Å²) in [6.45, 7) is 5.50. The summed E-state index contributed by atoms with van der Waals surface area (Å²) in [6, 6.07) is -0.641. The largest absolute Gasteiger partial charge is 0.342 e. The van der Waals surface area contributed by atoms with Crippen LogP contribution in [0.3, 0.4) is 0 Å². The Hall–Kier alpha value is -1.64. The first-order chi connectivity index (χ1) is 8.92. The molecule has 3 rings (SSSR count). The highest BCUT2D eigenvalue weighted by Crippen LogP contribution is 2.56. The van der Waals surface area contributed by atoms with Gasteiger partial charge in [0.1, 0.15) is 17.5 Å². The molecule has 9 heteroatoms. The van der Waals surface area contributed by atoms with E-state index in [1.165, 1.54) is 6.92 Å². The van der Waals surface area contributed by atoms with E-state index in [1.54, 1.807) is 16.7 Å². The molecule has 2 unspecified atom stereocenters. The van der Waals surface area contributed by atoms with Crippen molar-refractivity contribution in [2.75, 3.05) is 0 Å². The number of nitrogens with zero attached hydrogens (tertiary/aromatic N) is 4. The number of β-lactam (4-membered cyclic amide) rings is 1. The van der Waals surface area contributed by atoms with E-state index < -0.39 is 6.04 Å². The maximum absolute atomic E-state index is 12.2. The Balaban J connectivity index is 1.89. The summed E-state index contributed by atoms with van der Waals surface area (Å²) in [6.07, 6.45) is 0. The third-order valence-corrected chi connectivity index (χ3v) is 4.99. The van der Waals surface area contributed by atoms with Gasteiger partial charge in [0.05, 0.1) is 0 Å². The maximum atomic E-state index is 12.2. The van der Waals surface area contributed by atoms with Gasteiger partial charge in [-0.25, -0.2) is 5.10 Å². The number of carbonyl (C=O) groups is 2. The molecule has 0 saturated carbocycles. The molecule has 2 fully saturated rings. The van der Waals surface area contributed by atoms with Gasteiger partial charge in [-0.3, -0.25) is 9.59 Å². The van der Waals surface area contributed by atoms with Crippen LogP contribution >= 0.6 is 11.8 Å². The van der Waals surface area contributed by atoms with Crippen molar-refractivity contribution in [2.24, 2.45) is 0 Å². The summed E-state index contributed by atoms with van der Waals surface area (Å²) in [5.41, 5.74) is 0. The Kier molecular flexibility index (Phi) is 2.56. The van der Waals surface area contributed by atoms with Crippen molar-refractivity contribution in [2.45, 2.75) is 43.0 Å². The number of hydrogen-bond donors (Lipinski definition) is 2. The topological polar surface area (TPSA) is 104 Å². The number of nitrogens with one attached hydrogen (secondary N) is 2. The molecule has 2 amide bonds. The Bertz CT molecular complexity index is 530. The third kappa shape index (κ3) is 1.71. The van der Waals surface area contributed by atoms with Crippen LogP contribution in [0.4, 0.5) is 0 Å². The van der Waals surface area contributed by atoms with E-state index in [-0.39, 0.29) is 28.0 Å². The fraction of sp³-hybridized carbons (Fsp3) is 0.700. The van der Waals surface area contributed by atoms with E-state index in [2.05, 4.69) is 25.9 Å². The first-order valence-electron chi connectivity index (χ1n) is 5.92. The average molecular weight is 282 g/mol. The molecule has 0 aliphatic carbocycles. The SMILES string of the molecule is CC(=O)NC1C(=O)N2C(c3nnn[nH]3)C(C)(C)S[C@H]12. The Labute approximate surface area is 113 Å². The highest BCUT2D eigenvalue weighted by Gasteiger charge is 2.63. The Morgan fingerprint density at radius 3 is 2.84 bits per heavy atom. The molecule has 19 heavy (non-hydrogen) atoms. The van der Waals surface area contributed by atoms with Crippen molar-refractivity contribution in [3.63, 3.8) is 0 Å². The number of rotatable bonds is 2. The second-order valence-corrected chi connectivity index (χ2v) is 7.00. The summed E-state index contributed by atoms with van der Waals surface area (Å²) in [4.78, 5) is 25.1. The van der Waals surface area contributed by atoms with Crippen molar-refractivity contribution >= 4 is 23.6 Å². The predicted molar refractivity (Wildman–Crippen MR) is 66.8 cm³/mol. The number of aromatic nitrogens is 4. The van der Waals surface area contributed by atoms with Crippen LogP contribution in [-0.4, -0.2) is 53.5 Å². The predicted octanol–water partition coefficient (Wildman–Crippen LogP) is -0.561. The van der Waals surface area contributed by atoms with Crippen molar-refractivity contribution in [1.82, 2.24) is 30.8 Å². The number of tetrazole rings is 1. The molecule has 2 aliphatic rings. The first-order valence-corrected chi connectivity index (χ1v) is 6.80. The molecule has 1 aromatic heterocycles. The second kappa shape index (κ2) is 3.92. The van der Waals surface area contributed by atoms with Gasteiger partial charge >= 0.3 is 0 Å². The van der Waals surface area contributed by atoms with Gasteiger partial charge in [-0.05, 0) is 24.3 Å². The lowest BCUT2D eigenvalue weighted by molar-refractivity contribution is -0.151. The molecule has 0 radical (unpaired) electrons. The van der Waals surface area contributed by atoms with E-state index in [9.17, 15) is 9.59 Å². The van der Waals surface area contributed by atoms with Gasteiger partial charge in [0, 0.05) is 11.7 Å². The van der Waals surface area contributed by atoms with Gasteiger partial charge in [0.25, 0.3) is 0 Å². The lowest BCUT2D eigenvalue weighted by atomic mass is 9.95. The molecule has 3 heterocycles. The molecule has 2 saturated heterocycles. The fourth-order valence-electron chi connectivity index (χ4n) is 2.69. The van der Waals surface area contributed by atoms with Gasteiger partial charge in [-0.1, -0.05) is 0 Å². The number of thioether (sulfide) groups is 1. The zero-order valence-electron chi connectivity index (χ0n) is 10.7. The van der Waals surface area contributed by atoms with E-state index in [4.69, 9.17) is 0 Å². The van der Waals surface area contributed by atoms with Crippen molar-refractivity contribution in [3.8, 4) is 0 Å². The normalized spacial score (nSPS) is 31.8. The molecular weight excluding hydrogens is 268 g/mol. The minimum Gasteiger partial charge on any atom is -0.342 e. The monoisotopic (exact) mass is 282 g/mol. The van der Waals surface area contributed by atoms with Gasteiger partial charge < -0.3 is 10.2 Å². The molecule has 1 aromatic rings. The minimum atomic E-state index is -0.442.